The molecule has 0 aliphatic carbocycles. The molecule has 1 aliphatic rings. The number of anilines is 1. The zero-order valence-electron chi connectivity index (χ0n) is 12.3. The Bertz CT molecular complexity index is 448. The molecule has 4 nitrogen and oxygen atoms in total. The number of ether oxygens (including phenoxy) is 1. The highest BCUT2D eigenvalue weighted by Gasteiger charge is 2.29. The van der Waals surface area contributed by atoms with E-state index in [0.29, 0.717) is 24.6 Å². The van der Waals surface area contributed by atoms with Crippen LogP contribution < -0.4 is 4.90 Å². The minimum absolute atomic E-state index is 0.0798. The van der Waals surface area contributed by atoms with E-state index in [1.165, 1.54) is 6.33 Å². The second-order valence-corrected chi connectivity index (χ2v) is 6.27. The monoisotopic (exact) mass is 267 g/mol. The molecular formula is C14H22FN3O. The Balaban J connectivity index is 2.35. The first-order valence-electron chi connectivity index (χ1n) is 6.70. The third kappa shape index (κ3) is 3.03. The van der Waals surface area contributed by atoms with E-state index >= 15 is 0 Å². The molecule has 1 saturated heterocycles. The lowest BCUT2D eigenvalue weighted by Gasteiger charge is -2.36. The molecule has 0 amide bonds. The van der Waals surface area contributed by atoms with E-state index < -0.39 is 0 Å². The third-order valence-electron chi connectivity index (χ3n) is 3.20. The van der Waals surface area contributed by atoms with E-state index in [-0.39, 0.29) is 23.4 Å². The van der Waals surface area contributed by atoms with Crippen LogP contribution in [0.3, 0.4) is 0 Å². The van der Waals surface area contributed by atoms with Gasteiger partial charge in [-0.1, -0.05) is 20.8 Å². The van der Waals surface area contributed by atoms with Gasteiger partial charge in [0, 0.05) is 18.5 Å². The third-order valence-corrected chi connectivity index (χ3v) is 3.20. The van der Waals surface area contributed by atoms with Crippen LogP contribution in [0.15, 0.2) is 6.33 Å². The molecule has 0 spiro atoms. The first-order chi connectivity index (χ1) is 8.79. The molecule has 2 atom stereocenters. The van der Waals surface area contributed by atoms with Crippen molar-refractivity contribution in [2.24, 2.45) is 0 Å². The van der Waals surface area contributed by atoms with Crippen LogP contribution in [0.1, 0.15) is 40.3 Å². The van der Waals surface area contributed by atoms with Gasteiger partial charge in [-0.15, -0.1) is 0 Å². The van der Waals surface area contributed by atoms with Gasteiger partial charge in [0.05, 0.1) is 17.9 Å². The highest BCUT2D eigenvalue weighted by Crippen LogP contribution is 2.28. The number of rotatable bonds is 1. The van der Waals surface area contributed by atoms with Crippen molar-refractivity contribution in [1.29, 1.82) is 0 Å². The SMILES string of the molecule is CC1CN(c2ncnc(C(C)(C)C)c2F)CC(C)O1. The number of hydrogen-bond acceptors (Lipinski definition) is 4. The summed E-state index contributed by atoms with van der Waals surface area (Å²) in [6.45, 7) is 11.1. The van der Waals surface area contributed by atoms with Gasteiger partial charge < -0.3 is 9.64 Å². The molecule has 0 bridgehead atoms. The molecule has 0 saturated carbocycles. The molecular weight excluding hydrogens is 245 g/mol. The predicted molar refractivity (Wildman–Crippen MR) is 72.9 cm³/mol. The van der Waals surface area contributed by atoms with Crippen LogP contribution in [-0.4, -0.2) is 35.3 Å². The summed E-state index contributed by atoms with van der Waals surface area (Å²) in [5.74, 6) is 0.0817. The summed E-state index contributed by atoms with van der Waals surface area (Å²) >= 11 is 0. The molecule has 1 aromatic heterocycles. The molecule has 1 aliphatic heterocycles. The van der Waals surface area contributed by atoms with E-state index in [1.807, 2.05) is 39.5 Å². The van der Waals surface area contributed by atoms with E-state index in [0.717, 1.165) is 0 Å². The average molecular weight is 267 g/mol. The van der Waals surface area contributed by atoms with Gasteiger partial charge in [-0.2, -0.15) is 0 Å². The molecule has 2 heterocycles. The quantitative estimate of drug-likeness (QED) is 0.783. The van der Waals surface area contributed by atoms with Crippen molar-refractivity contribution >= 4 is 5.82 Å². The lowest BCUT2D eigenvalue weighted by Crippen LogP contribution is -2.46. The molecule has 19 heavy (non-hydrogen) atoms. The normalized spacial score (nSPS) is 24.6. The van der Waals surface area contributed by atoms with Crippen molar-refractivity contribution in [3.8, 4) is 0 Å². The molecule has 1 fully saturated rings. The average Bonchev–Trinajstić information content (AvgIpc) is 2.26. The van der Waals surface area contributed by atoms with Gasteiger partial charge in [0.25, 0.3) is 0 Å². The Hall–Kier alpha value is -1.23. The highest BCUT2D eigenvalue weighted by molar-refractivity contribution is 5.43. The minimum atomic E-state index is -0.328. The molecule has 0 radical (unpaired) electrons. The molecule has 2 rings (SSSR count). The summed E-state index contributed by atoms with van der Waals surface area (Å²) in [6, 6.07) is 0. The Morgan fingerprint density at radius 1 is 1.21 bits per heavy atom. The zero-order chi connectivity index (χ0) is 14.2. The number of morpholine rings is 1. The summed E-state index contributed by atoms with van der Waals surface area (Å²) in [5, 5.41) is 0. The molecule has 0 N–H and O–H groups in total. The Morgan fingerprint density at radius 3 is 2.32 bits per heavy atom. The fraction of sp³-hybridized carbons (Fsp3) is 0.714. The Kier molecular flexibility index (Phi) is 3.76. The first kappa shape index (κ1) is 14.2. The van der Waals surface area contributed by atoms with E-state index in [4.69, 9.17) is 4.74 Å². The van der Waals surface area contributed by atoms with Gasteiger partial charge in [-0.05, 0) is 13.8 Å². The summed E-state index contributed by atoms with van der Waals surface area (Å²) in [6.07, 6.45) is 1.61. The standard InChI is InChI=1S/C14H22FN3O/c1-9-6-18(7-10(2)19-9)13-11(15)12(14(3,4)5)16-8-17-13/h8-10H,6-7H2,1-5H3. The molecule has 2 unspecified atom stereocenters. The van der Waals surface area contributed by atoms with Crippen LogP contribution in [0.5, 0.6) is 0 Å². The van der Waals surface area contributed by atoms with Crippen LogP contribution in [-0.2, 0) is 10.2 Å². The van der Waals surface area contributed by atoms with Gasteiger partial charge in [-0.3, -0.25) is 0 Å². The number of halogens is 1. The van der Waals surface area contributed by atoms with Crippen LogP contribution >= 0.6 is 0 Å². The highest BCUT2D eigenvalue weighted by atomic mass is 19.1. The summed E-state index contributed by atoms with van der Waals surface area (Å²) in [4.78, 5) is 10.2. The van der Waals surface area contributed by atoms with Crippen molar-refractivity contribution in [3.63, 3.8) is 0 Å². The lowest BCUT2D eigenvalue weighted by atomic mass is 9.91. The molecule has 1 aromatic rings. The molecule has 0 aromatic carbocycles. The maximum Gasteiger partial charge on any atom is 0.187 e. The van der Waals surface area contributed by atoms with Gasteiger partial charge in [0.2, 0.25) is 0 Å². The van der Waals surface area contributed by atoms with Gasteiger partial charge >= 0.3 is 0 Å². The summed E-state index contributed by atoms with van der Waals surface area (Å²) in [7, 11) is 0. The van der Waals surface area contributed by atoms with Crippen LogP contribution in [0.4, 0.5) is 10.2 Å². The van der Waals surface area contributed by atoms with E-state index in [1.54, 1.807) is 0 Å². The predicted octanol–water partition coefficient (Wildman–Crippen LogP) is 2.53. The first-order valence-corrected chi connectivity index (χ1v) is 6.70. The number of hydrogen-bond donors (Lipinski definition) is 0. The van der Waals surface area contributed by atoms with Crippen LogP contribution in [0, 0.1) is 5.82 Å². The van der Waals surface area contributed by atoms with Crippen molar-refractivity contribution < 1.29 is 9.13 Å². The summed E-state index contributed by atoms with van der Waals surface area (Å²) in [5.41, 5.74) is 0.134. The van der Waals surface area contributed by atoms with Crippen molar-refractivity contribution in [2.75, 3.05) is 18.0 Å². The van der Waals surface area contributed by atoms with Crippen molar-refractivity contribution in [1.82, 2.24) is 9.97 Å². The largest absolute Gasteiger partial charge is 0.372 e. The number of aromatic nitrogens is 2. The topological polar surface area (TPSA) is 38.2 Å². The second-order valence-electron chi connectivity index (χ2n) is 6.27. The van der Waals surface area contributed by atoms with Crippen LogP contribution in [0.2, 0.25) is 0 Å². The van der Waals surface area contributed by atoms with Gasteiger partial charge in [0.15, 0.2) is 11.6 Å². The lowest BCUT2D eigenvalue weighted by molar-refractivity contribution is -0.00568. The fourth-order valence-electron chi connectivity index (χ4n) is 2.45. The van der Waals surface area contributed by atoms with Gasteiger partial charge in [-0.25, -0.2) is 14.4 Å². The smallest absolute Gasteiger partial charge is 0.187 e. The van der Waals surface area contributed by atoms with Crippen molar-refractivity contribution in [2.45, 2.75) is 52.2 Å². The molecule has 106 valence electrons. The zero-order valence-corrected chi connectivity index (χ0v) is 12.3. The fourth-order valence-corrected chi connectivity index (χ4v) is 2.45. The van der Waals surface area contributed by atoms with Crippen molar-refractivity contribution in [3.05, 3.63) is 17.8 Å². The van der Waals surface area contributed by atoms with Crippen LogP contribution in [0.25, 0.3) is 0 Å². The second kappa shape index (κ2) is 5.04. The number of nitrogens with zero attached hydrogens (tertiary/aromatic N) is 3. The maximum absolute atomic E-state index is 14.6. The minimum Gasteiger partial charge on any atom is -0.372 e. The Morgan fingerprint density at radius 2 is 1.79 bits per heavy atom. The van der Waals surface area contributed by atoms with Gasteiger partial charge in [0.1, 0.15) is 6.33 Å². The Labute approximate surface area is 114 Å². The van der Waals surface area contributed by atoms with E-state index in [9.17, 15) is 4.39 Å². The summed E-state index contributed by atoms with van der Waals surface area (Å²) < 4.78 is 20.3. The van der Waals surface area contributed by atoms with E-state index in [2.05, 4.69) is 9.97 Å². The molecule has 5 heteroatoms. The maximum atomic E-state index is 14.6.